The summed E-state index contributed by atoms with van der Waals surface area (Å²) < 4.78 is 5.55. The van der Waals surface area contributed by atoms with Crippen molar-refractivity contribution in [3.05, 3.63) is 29.3 Å². The van der Waals surface area contributed by atoms with Crippen molar-refractivity contribution in [1.29, 1.82) is 0 Å². The second kappa shape index (κ2) is 7.59. The van der Waals surface area contributed by atoms with Gasteiger partial charge in [-0.1, -0.05) is 6.07 Å². The maximum Gasteiger partial charge on any atom is 0.119 e. The summed E-state index contributed by atoms with van der Waals surface area (Å²) in [6.45, 7) is 5.66. The van der Waals surface area contributed by atoms with E-state index in [2.05, 4.69) is 11.4 Å². The monoisotopic (exact) mass is 283 g/mol. The second-order valence-corrected chi connectivity index (χ2v) is 5.55. The van der Waals surface area contributed by atoms with Gasteiger partial charge in [0.05, 0.1) is 18.8 Å². The molecule has 20 heavy (non-hydrogen) atoms. The van der Waals surface area contributed by atoms with Gasteiger partial charge in [0.2, 0.25) is 0 Å². The van der Waals surface area contributed by atoms with Gasteiger partial charge in [0.25, 0.3) is 0 Å². The molecule has 114 valence electrons. The summed E-state index contributed by atoms with van der Waals surface area (Å²) in [5.41, 5.74) is 1.43. The molecule has 0 aliphatic carbocycles. The van der Waals surface area contributed by atoms with E-state index in [9.17, 15) is 5.11 Å². The Morgan fingerprint density at radius 2 is 1.70 bits per heavy atom. The van der Waals surface area contributed by atoms with Crippen molar-refractivity contribution in [3.8, 4) is 5.75 Å². The minimum Gasteiger partial charge on any atom is -0.491 e. The van der Waals surface area contributed by atoms with Crippen molar-refractivity contribution in [3.63, 3.8) is 0 Å². The van der Waals surface area contributed by atoms with Gasteiger partial charge in [0.1, 0.15) is 18.5 Å². The largest absolute Gasteiger partial charge is 0.491 e. The summed E-state index contributed by atoms with van der Waals surface area (Å²) in [4.78, 5) is 0. The SMILES string of the molecule is Cc1cc(C)cc(OCC(O)CNC(C)(CO)CO)c1. The first-order valence-corrected chi connectivity index (χ1v) is 6.74. The lowest BCUT2D eigenvalue weighted by Gasteiger charge is -2.27. The lowest BCUT2D eigenvalue weighted by Crippen LogP contribution is -2.52. The molecule has 0 heterocycles. The first kappa shape index (κ1) is 16.9. The molecule has 0 saturated carbocycles. The maximum atomic E-state index is 9.85. The minimum atomic E-state index is -0.791. The van der Waals surface area contributed by atoms with Crippen LogP contribution in [0.25, 0.3) is 0 Å². The van der Waals surface area contributed by atoms with Gasteiger partial charge in [-0.3, -0.25) is 0 Å². The predicted octanol–water partition coefficient (Wildman–Crippen LogP) is 0.376. The Kier molecular flexibility index (Phi) is 6.42. The smallest absolute Gasteiger partial charge is 0.119 e. The van der Waals surface area contributed by atoms with Crippen LogP contribution in [-0.4, -0.2) is 53.3 Å². The summed E-state index contributed by atoms with van der Waals surface area (Å²) in [7, 11) is 0. The molecule has 1 unspecified atom stereocenters. The third-order valence-corrected chi connectivity index (χ3v) is 3.10. The number of nitrogens with one attached hydrogen (secondary N) is 1. The van der Waals surface area contributed by atoms with Crippen LogP contribution < -0.4 is 10.1 Å². The molecule has 1 rings (SSSR count). The maximum absolute atomic E-state index is 9.85. The number of rotatable bonds is 8. The summed E-state index contributed by atoms with van der Waals surface area (Å²) in [6.07, 6.45) is -0.715. The van der Waals surface area contributed by atoms with Gasteiger partial charge in [0, 0.05) is 6.54 Å². The number of hydrogen-bond donors (Lipinski definition) is 4. The number of aliphatic hydroxyl groups is 3. The average molecular weight is 283 g/mol. The van der Waals surface area contributed by atoms with E-state index in [1.165, 1.54) is 0 Å². The molecule has 0 amide bonds. The molecule has 0 aliphatic heterocycles. The first-order chi connectivity index (χ1) is 9.38. The van der Waals surface area contributed by atoms with E-state index in [0.717, 1.165) is 16.9 Å². The van der Waals surface area contributed by atoms with Crippen LogP contribution >= 0.6 is 0 Å². The molecular formula is C15H25NO4. The van der Waals surface area contributed by atoms with E-state index in [0.29, 0.717) is 0 Å². The number of β-amino-alcohol motifs (C(OH)–C–C–N with tert-alkyl or cyclic N) is 1. The third kappa shape index (κ3) is 5.46. The average Bonchev–Trinajstić information content (AvgIpc) is 2.41. The van der Waals surface area contributed by atoms with Crippen LogP contribution in [0, 0.1) is 13.8 Å². The Hall–Kier alpha value is -1.14. The van der Waals surface area contributed by atoms with Gasteiger partial charge in [-0.15, -0.1) is 0 Å². The fourth-order valence-electron chi connectivity index (χ4n) is 1.79. The van der Waals surface area contributed by atoms with Crippen molar-refractivity contribution in [2.24, 2.45) is 0 Å². The van der Waals surface area contributed by atoms with Gasteiger partial charge in [-0.05, 0) is 44.0 Å². The van der Waals surface area contributed by atoms with Crippen LogP contribution in [0.15, 0.2) is 18.2 Å². The number of benzene rings is 1. The Bertz CT molecular complexity index is 398. The molecule has 0 spiro atoms. The van der Waals surface area contributed by atoms with E-state index in [4.69, 9.17) is 14.9 Å². The van der Waals surface area contributed by atoms with E-state index >= 15 is 0 Å². The normalized spacial score (nSPS) is 13.3. The van der Waals surface area contributed by atoms with Crippen molar-refractivity contribution in [1.82, 2.24) is 5.32 Å². The van der Waals surface area contributed by atoms with Crippen molar-refractivity contribution in [2.75, 3.05) is 26.4 Å². The van der Waals surface area contributed by atoms with Crippen molar-refractivity contribution >= 4 is 0 Å². The van der Waals surface area contributed by atoms with Gasteiger partial charge >= 0.3 is 0 Å². The summed E-state index contributed by atoms with van der Waals surface area (Å²) in [5, 5.41) is 31.0. The zero-order valence-corrected chi connectivity index (χ0v) is 12.4. The molecule has 0 bridgehead atoms. The molecule has 1 aromatic rings. The van der Waals surface area contributed by atoms with Gasteiger partial charge in [0.15, 0.2) is 0 Å². The van der Waals surface area contributed by atoms with Gasteiger partial charge < -0.3 is 25.4 Å². The highest BCUT2D eigenvalue weighted by Crippen LogP contribution is 2.16. The second-order valence-electron chi connectivity index (χ2n) is 5.55. The third-order valence-electron chi connectivity index (χ3n) is 3.10. The summed E-state index contributed by atoms with van der Waals surface area (Å²) in [6, 6.07) is 5.89. The predicted molar refractivity (Wildman–Crippen MR) is 78.0 cm³/mol. The van der Waals surface area contributed by atoms with Crippen molar-refractivity contribution in [2.45, 2.75) is 32.4 Å². The highest BCUT2D eigenvalue weighted by Gasteiger charge is 2.22. The molecule has 0 radical (unpaired) electrons. The number of ether oxygens (including phenoxy) is 1. The fourth-order valence-corrected chi connectivity index (χ4v) is 1.79. The van der Waals surface area contributed by atoms with E-state index in [-0.39, 0.29) is 26.4 Å². The molecule has 5 nitrogen and oxygen atoms in total. The van der Waals surface area contributed by atoms with Crippen LogP contribution in [0.4, 0.5) is 0 Å². The molecule has 0 aliphatic rings. The quantitative estimate of drug-likeness (QED) is 0.554. The summed E-state index contributed by atoms with van der Waals surface area (Å²) >= 11 is 0. The molecule has 1 aromatic carbocycles. The lowest BCUT2D eigenvalue weighted by molar-refractivity contribution is 0.0666. The van der Waals surface area contributed by atoms with E-state index in [1.807, 2.05) is 26.0 Å². The van der Waals surface area contributed by atoms with Gasteiger partial charge in [-0.25, -0.2) is 0 Å². The van der Waals surface area contributed by atoms with Crippen LogP contribution in [0.2, 0.25) is 0 Å². The number of aliphatic hydroxyl groups excluding tert-OH is 3. The number of aryl methyl sites for hydroxylation is 2. The molecule has 0 saturated heterocycles. The van der Waals surface area contributed by atoms with Crippen LogP contribution in [0.1, 0.15) is 18.1 Å². The zero-order valence-electron chi connectivity index (χ0n) is 12.4. The highest BCUT2D eigenvalue weighted by atomic mass is 16.5. The Morgan fingerprint density at radius 3 is 2.20 bits per heavy atom. The molecule has 5 heteroatoms. The highest BCUT2D eigenvalue weighted by molar-refractivity contribution is 5.32. The topological polar surface area (TPSA) is 82.0 Å². The lowest BCUT2D eigenvalue weighted by atomic mass is 10.1. The van der Waals surface area contributed by atoms with Crippen LogP contribution in [-0.2, 0) is 0 Å². The van der Waals surface area contributed by atoms with Gasteiger partial charge in [-0.2, -0.15) is 0 Å². The summed E-state index contributed by atoms with van der Waals surface area (Å²) in [5.74, 6) is 0.730. The van der Waals surface area contributed by atoms with E-state index in [1.54, 1.807) is 6.92 Å². The van der Waals surface area contributed by atoms with E-state index < -0.39 is 11.6 Å². The molecule has 0 fully saturated rings. The number of hydrogen-bond acceptors (Lipinski definition) is 5. The molecule has 4 N–H and O–H groups in total. The molecule has 0 aromatic heterocycles. The first-order valence-electron chi connectivity index (χ1n) is 6.74. The Labute approximate surface area is 120 Å². The zero-order chi connectivity index (χ0) is 15.2. The Balaban J connectivity index is 2.41. The van der Waals surface area contributed by atoms with Crippen LogP contribution in [0.5, 0.6) is 5.75 Å². The minimum absolute atomic E-state index is 0.156. The van der Waals surface area contributed by atoms with Crippen LogP contribution in [0.3, 0.4) is 0 Å². The standard InChI is InChI=1S/C15H25NO4/c1-11-4-12(2)6-14(5-11)20-8-13(19)7-16-15(3,9-17)10-18/h4-6,13,16-19H,7-10H2,1-3H3. The fraction of sp³-hybridized carbons (Fsp3) is 0.600. The molecular weight excluding hydrogens is 258 g/mol. The molecule has 1 atom stereocenters. The Morgan fingerprint density at radius 1 is 1.15 bits per heavy atom. The van der Waals surface area contributed by atoms with Crippen molar-refractivity contribution < 1.29 is 20.1 Å².